The van der Waals surface area contributed by atoms with Crippen LogP contribution in [0.5, 0.6) is 0 Å². The van der Waals surface area contributed by atoms with Crippen LogP contribution in [0.3, 0.4) is 0 Å². The molecule has 0 aromatic heterocycles. The minimum Gasteiger partial charge on any atom is -0.481 e. The van der Waals surface area contributed by atoms with Crippen LogP contribution in [0.2, 0.25) is 0 Å². The lowest BCUT2D eigenvalue weighted by Gasteiger charge is -2.20. The Morgan fingerprint density at radius 1 is 1.38 bits per heavy atom. The Morgan fingerprint density at radius 2 is 2.00 bits per heavy atom. The molecule has 0 aliphatic rings. The number of carboxylic acids is 1. The van der Waals surface area contributed by atoms with Gasteiger partial charge < -0.3 is 10.8 Å². The number of hydrogen-bond donors (Lipinski definition) is 2. The number of carbonyl (C=O) groups is 1. The van der Waals surface area contributed by atoms with Gasteiger partial charge in [0, 0.05) is 12.1 Å². The van der Waals surface area contributed by atoms with Crippen LogP contribution in [0.25, 0.3) is 0 Å². The third-order valence-corrected chi connectivity index (χ3v) is 2.62. The topological polar surface area (TPSA) is 63.3 Å². The number of nitrogen functional groups attached to an aromatic ring is 1. The molecule has 1 aromatic carbocycles. The summed E-state index contributed by atoms with van der Waals surface area (Å²) >= 11 is 0. The molecule has 0 fully saturated rings. The van der Waals surface area contributed by atoms with Gasteiger partial charge in [-0.05, 0) is 29.0 Å². The number of carboxylic acid groups (broad SMARTS) is 1. The number of anilines is 1. The fraction of sp³-hybridized carbons (Fsp3) is 0.462. The summed E-state index contributed by atoms with van der Waals surface area (Å²) < 4.78 is 0. The highest BCUT2D eigenvalue weighted by Crippen LogP contribution is 2.26. The summed E-state index contributed by atoms with van der Waals surface area (Å²) in [6.07, 6.45) is 0.616. The number of nitrogens with two attached hydrogens (primary N) is 1. The zero-order valence-corrected chi connectivity index (χ0v) is 10.1. The van der Waals surface area contributed by atoms with E-state index in [1.165, 1.54) is 5.56 Å². The molecule has 88 valence electrons. The average Bonchev–Trinajstić information content (AvgIpc) is 2.14. The van der Waals surface area contributed by atoms with E-state index in [0.717, 1.165) is 5.56 Å². The molecular formula is C13H19NO2. The van der Waals surface area contributed by atoms with E-state index in [2.05, 4.69) is 20.8 Å². The van der Waals surface area contributed by atoms with Crippen molar-refractivity contribution in [1.82, 2.24) is 0 Å². The fourth-order valence-corrected chi connectivity index (χ4v) is 1.53. The van der Waals surface area contributed by atoms with Crippen LogP contribution in [-0.2, 0) is 16.6 Å². The first-order chi connectivity index (χ1) is 7.30. The van der Waals surface area contributed by atoms with E-state index in [1.54, 1.807) is 0 Å². The second-order valence-corrected chi connectivity index (χ2v) is 5.06. The van der Waals surface area contributed by atoms with Crippen molar-refractivity contribution in [3.63, 3.8) is 0 Å². The van der Waals surface area contributed by atoms with Crippen LogP contribution in [0.1, 0.15) is 38.3 Å². The Kier molecular flexibility index (Phi) is 3.58. The quantitative estimate of drug-likeness (QED) is 0.771. The normalized spacial score (nSPS) is 11.4. The zero-order valence-electron chi connectivity index (χ0n) is 10.1. The fourth-order valence-electron chi connectivity index (χ4n) is 1.53. The maximum Gasteiger partial charge on any atom is 0.303 e. The Morgan fingerprint density at radius 3 is 2.44 bits per heavy atom. The first-order valence-electron chi connectivity index (χ1n) is 5.41. The number of hydrogen-bond acceptors (Lipinski definition) is 2. The third kappa shape index (κ3) is 3.26. The summed E-state index contributed by atoms with van der Waals surface area (Å²) in [5, 5.41) is 8.61. The summed E-state index contributed by atoms with van der Waals surface area (Å²) in [5.41, 5.74) is 8.75. The lowest BCUT2D eigenvalue weighted by molar-refractivity contribution is -0.136. The highest BCUT2D eigenvalue weighted by Gasteiger charge is 2.14. The van der Waals surface area contributed by atoms with Gasteiger partial charge in [0.2, 0.25) is 0 Å². The molecule has 0 bridgehead atoms. The first kappa shape index (κ1) is 12.6. The molecule has 0 spiro atoms. The number of benzene rings is 1. The smallest absolute Gasteiger partial charge is 0.303 e. The SMILES string of the molecule is CC(C)(C)c1ccc(CCC(=O)O)c(N)c1. The van der Waals surface area contributed by atoms with E-state index in [4.69, 9.17) is 10.8 Å². The maximum absolute atomic E-state index is 10.5. The Labute approximate surface area is 96.3 Å². The minimum absolute atomic E-state index is 0.0689. The molecule has 0 saturated carbocycles. The Hall–Kier alpha value is -1.51. The van der Waals surface area contributed by atoms with Crippen molar-refractivity contribution in [2.75, 3.05) is 5.73 Å². The molecule has 1 rings (SSSR count). The minimum atomic E-state index is -0.792. The van der Waals surface area contributed by atoms with E-state index in [0.29, 0.717) is 12.1 Å². The summed E-state index contributed by atoms with van der Waals surface area (Å²) in [6.45, 7) is 6.37. The molecule has 16 heavy (non-hydrogen) atoms. The van der Waals surface area contributed by atoms with Crippen LogP contribution >= 0.6 is 0 Å². The van der Waals surface area contributed by atoms with E-state index >= 15 is 0 Å². The summed E-state index contributed by atoms with van der Waals surface area (Å²) in [6, 6.07) is 5.89. The lowest BCUT2D eigenvalue weighted by atomic mass is 9.86. The molecule has 3 nitrogen and oxygen atoms in total. The summed E-state index contributed by atoms with van der Waals surface area (Å²) in [4.78, 5) is 10.5. The van der Waals surface area contributed by atoms with Gasteiger partial charge in [0.05, 0.1) is 0 Å². The lowest BCUT2D eigenvalue weighted by Crippen LogP contribution is -2.12. The van der Waals surface area contributed by atoms with Gasteiger partial charge in [0.25, 0.3) is 0 Å². The predicted molar refractivity (Wildman–Crippen MR) is 65.5 cm³/mol. The Bertz CT molecular complexity index is 391. The van der Waals surface area contributed by atoms with Crippen molar-refractivity contribution < 1.29 is 9.90 Å². The molecule has 0 radical (unpaired) electrons. The van der Waals surface area contributed by atoms with Crippen molar-refractivity contribution in [2.24, 2.45) is 0 Å². The van der Waals surface area contributed by atoms with Crippen molar-refractivity contribution in [3.05, 3.63) is 29.3 Å². The molecule has 1 aromatic rings. The van der Waals surface area contributed by atoms with Gasteiger partial charge in [-0.1, -0.05) is 32.9 Å². The molecule has 0 saturated heterocycles. The molecule has 3 heteroatoms. The number of aliphatic carboxylic acids is 1. The van der Waals surface area contributed by atoms with Crippen LogP contribution in [0.15, 0.2) is 18.2 Å². The van der Waals surface area contributed by atoms with Gasteiger partial charge >= 0.3 is 5.97 Å². The first-order valence-corrected chi connectivity index (χ1v) is 5.41. The molecule has 0 heterocycles. The second kappa shape index (κ2) is 4.56. The molecule has 0 aliphatic heterocycles. The maximum atomic E-state index is 10.5. The molecule has 0 unspecified atom stereocenters. The summed E-state index contributed by atoms with van der Waals surface area (Å²) in [5.74, 6) is -0.792. The van der Waals surface area contributed by atoms with Crippen molar-refractivity contribution >= 4 is 11.7 Å². The highest BCUT2D eigenvalue weighted by molar-refractivity contribution is 5.67. The molecule has 3 N–H and O–H groups in total. The average molecular weight is 221 g/mol. The van der Waals surface area contributed by atoms with Gasteiger partial charge in [-0.15, -0.1) is 0 Å². The van der Waals surface area contributed by atoms with Gasteiger partial charge in [-0.3, -0.25) is 4.79 Å². The molecular weight excluding hydrogens is 202 g/mol. The van der Waals surface area contributed by atoms with Crippen molar-refractivity contribution in [2.45, 2.75) is 39.0 Å². The monoisotopic (exact) mass is 221 g/mol. The van der Waals surface area contributed by atoms with Crippen LogP contribution in [0.4, 0.5) is 5.69 Å². The largest absolute Gasteiger partial charge is 0.481 e. The van der Waals surface area contributed by atoms with Gasteiger partial charge in [-0.25, -0.2) is 0 Å². The third-order valence-electron chi connectivity index (χ3n) is 2.62. The van der Waals surface area contributed by atoms with E-state index < -0.39 is 5.97 Å². The van der Waals surface area contributed by atoms with Crippen LogP contribution < -0.4 is 5.73 Å². The molecule has 0 atom stereocenters. The van der Waals surface area contributed by atoms with E-state index in [-0.39, 0.29) is 11.8 Å². The van der Waals surface area contributed by atoms with E-state index in [1.807, 2.05) is 18.2 Å². The summed E-state index contributed by atoms with van der Waals surface area (Å²) in [7, 11) is 0. The standard InChI is InChI=1S/C13H19NO2/c1-13(2,3)10-6-4-9(11(14)8-10)5-7-12(15)16/h4,6,8H,5,7,14H2,1-3H3,(H,15,16). The van der Waals surface area contributed by atoms with E-state index in [9.17, 15) is 4.79 Å². The van der Waals surface area contributed by atoms with Gasteiger partial charge in [-0.2, -0.15) is 0 Å². The molecule has 0 amide bonds. The van der Waals surface area contributed by atoms with Crippen LogP contribution in [0, 0.1) is 0 Å². The number of rotatable bonds is 3. The van der Waals surface area contributed by atoms with Crippen molar-refractivity contribution in [3.8, 4) is 0 Å². The highest BCUT2D eigenvalue weighted by atomic mass is 16.4. The molecule has 0 aliphatic carbocycles. The van der Waals surface area contributed by atoms with Crippen molar-refractivity contribution in [1.29, 1.82) is 0 Å². The number of aryl methyl sites for hydroxylation is 1. The Balaban J connectivity index is 2.88. The zero-order chi connectivity index (χ0) is 12.3. The predicted octanol–water partition coefficient (Wildman–Crippen LogP) is 2.58. The van der Waals surface area contributed by atoms with Gasteiger partial charge in [0.1, 0.15) is 0 Å². The van der Waals surface area contributed by atoms with Crippen LogP contribution in [-0.4, -0.2) is 11.1 Å². The van der Waals surface area contributed by atoms with Gasteiger partial charge in [0.15, 0.2) is 0 Å². The second-order valence-electron chi connectivity index (χ2n) is 5.06.